The molecule has 2 aromatic heterocycles. The van der Waals surface area contributed by atoms with Crippen molar-refractivity contribution in [1.82, 2.24) is 19.1 Å². The maximum Gasteiger partial charge on any atom is 0.266 e. The number of para-hydroxylation sites is 3. The van der Waals surface area contributed by atoms with Crippen molar-refractivity contribution >= 4 is 39.3 Å². The molecule has 0 saturated heterocycles. The summed E-state index contributed by atoms with van der Waals surface area (Å²) in [5.41, 5.74) is 4.76. The zero-order chi connectivity index (χ0) is 25.4. The molecule has 0 radical (unpaired) electrons. The summed E-state index contributed by atoms with van der Waals surface area (Å²) in [5.74, 6) is 0.299. The number of imidazole rings is 1. The first-order valence-corrected chi connectivity index (χ1v) is 12.3. The summed E-state index contributed by atoms with van der Waals surface area (Å²) >= 11 is 1.20. The van der Waals surface area contributed by atoms with Gasteiger partial charge in [-0.1, -0.05) is 48.2 Å². The molecular formula is C28H23N5O2S. The molecule has 0 aliphatic rings. The largest absolute Gasteiger partial charge is 0.510 e. The van der Waals surface area contributed by atoms with Crippen molar-refractivity contribution in [3.63, 3.8) is 0 Å². The molecule has 7 nitrogen and oxygen atoms in total. The van der Waals surface area contributed by atoms with Crippen molar-refractivity contribution in [2.24, 2.45) is 7.05 Å². The maximum atomic E-state index is 13.6. The number of hydrogen-bond acceptors (Lipinski definition) is 6. The monoisotopic (exact) mass is 493 g/mol. The van der Waals surface area contributed by atoms with Crippen LogP contribution in [0.15, 0.2) is 82.4 Å². The van der Waals surface area contributed by atoms with Crippen LogP contribution in [0.4, 0.5) is 0 Å². The van der Waals surface area contributed by atoms with Crippen LogP contribution in [-0.2, 0) is 7.05 Å². The Kier molecular flexibility index (Phi) is 6.08. The molecule has 5 rings (SSSR count). The van der Waals surface area contributed by atoms with Gasteiger partial charge in [-0.15, -0.1) is 0 Å². The van der Waals surface area contributed by atoms with Gasteiger partial charge in [0, 0.05) is 7.05 Å². The predicted molar refractivity (Wildman–Crippen MR) is 143 cm³/mol. The number of rotatable bonds is 5. The van der Waals surface area contributed by atoms with Crippen LogP contribution in [0.25, 0.3) is 33.2 Å². The molecule has 0 atom stereocenters. The molecule has 1 N–H and O–H groups in total. The van der Waals surface area contributed by atoms with E-state index in [1.165, 1.54) is 11.8 Å². The number of aliphatic hydroxyl groups excluding tert-OH is 1. The van der Waals surface area contributed by atoms with E-state index < -0.39 is 0 Å². The molecule has 5 aromatic rings. The Labute approximate surface area is 212 Å². The molecule has 0 bridgehead atoms. The summed E-state index contributed by atoms with van der Waals surface area (Å²) in [5, 5.41) is 21.8. The van der Waals surface area contributed by atoms with Crippen LogP contribution in [0, 0.1) is 25.2 Å². The van der Waals surface area contributed by atoms with Gasteiger partial charge in [-0.2, -0.15) is 5.26 Å². The number of allylic oxidation sites excluding steroid dienone is 1. The number of nitrogens with zero attached hydrogens (tertiary/aromatic N) is 5. The van der Waals surface area contributed by atoms with Gasteiger partial charge < -0.3 is 9.67 Å². The quantitative estimate of drug-likeness (QED) is 0.151. The Balaban J connectivity index is 1.61. The Morgan fingerprint density at radius 1 is 1.03 bits per heavy atom. The van der Waals surface area contributed by atoms with Gasteiger partial charge in [-0.05, 0) is 55.3 Å². The summed E-state index contributed by atoms with van der Waals surface area (Å²) in [6.07, 6.45) is 0. The summed E-state index contributed by atoms with van der Waals surface area (Å²) in [4.78, 5) is 22.9. The lowest BCUT2D eigenvalue weighted by Gasteiger charge is -2.16. The van der Waals surface area contributed by atoms with Crippen LogP contribution in [0.5, 0.6) is 0 Å². The van der Waals surface area contributed by atoms with Crippen molar-refractivity contribution in [2.45, 2.75) is 19.0 Å². The molecule has 0 aliphatic heterocycles. The van der Waals surface area contributed by atoms with Crippen LogP contribution >= 0.6 is 11.8 Å². The SMILES string of the molecule is Cc1ccc(C)c(-n2c(SC/C(O)=C(\C#N)c3nc4ccccc4n3C)nc3ccccc3c2=O)c1. The van der Waals surface area contributed by atoms with Crippen molar-refractivity contribution in [1.29, 1.82) is 5.26 Å². The highest BCUT2D eigenvalue weighted by Crippen LogP contribution is 2.28. The molecule has 0 saturated carbocycles. The fraction of sp³-hybridized carbons (Fsp3) is 0.143. The second-order valence-electron chi connectivity index (χ2n) is 8.55. The van der Waals surface area contributed by atoms with Crippen LogP contribution in [0.3, 0.4) is 0 Å². The molecule has 178 valence electrons. The second-order valence-corrected chi connectivity index (χ2v) is 9.49. The molecule has 0 unspecified atom stereocenters. The Hall–Kier alpha value is -4.35. The van der Waals surface area contributed by atoms with Crippen molar-refractivity contribution < 1.29 is 5.11 Å². The lowest BCUT2D eigenvalue weighted by Crippen LogP contribution is -2.22. The van der Waals surface area contributed by atoms with Gasteiger partial charge in [-0.3, -0.25) is 9.36 Å². The number of nitriles is 1. The number of aromatic nitrogens is 4. The second kappa shape index (κ2) is 9.36. The molecule has 36 heavy (non-hydrogen) atoms. The summed E-state index contributed by atoms with van der Waals surface area (Å²) in [7, 11) is 1.81. The van der Waals surface area contributed by atoms with E-state index in [1.54, 1.807) is 21.3 Å². The molecule has 3 aromatic carbocycles. The highest BCUT2D eigenvalue weighted by atomic mass is 32.2. The maximum absolute atomic E-state index is 13.6. The first kappa shape index (κ1) is 23.4. The highest BCUT2D eigenvalue weighted by Gasteiger charge is 2.19. The van der Waals surface area contributed by atoms with Crippen LogP contribution in [0.2, 0.25) is 0 Å². The third-order valence-corrected chi connectivity index (χ3v) is 7.05. The van der Waals surface area contributed by atoms with Gasteiger partial charge in [0.15, 0.2) is 11.0 Å². The minimum absolute atomic E-state index is 0.0434. The molecular weight excluding hydrogens is 470 g/mol. The summed E-state index contributed by atoms with van der Waals surface area (Å²) in [6, 6.07) is 22.8. The van der Waals surface area contributed by atoms with Gasteiger partial charge in [-0.25, -0.2) is 9.97 Å². The topological polar surface area (TPSA) is 96.7 Å². The fourth-order valence-electron chi connectivity index (χ4n) is 4.20. The Bertz CT molecular complexity index is 1780. The number of aryl methyl sites for hydroxylation is 3. The average molecular weight is 494 g/mol. The third kappa shape index (κ3) is 4.04. The summed E-state index contributed by atoms with van der Waals surface area (Å²) in [6.45, 7) is 3.92. The fourth-order valence-corrected chi connectivity index (χ4v) is 5.08. The third-order valence-electron chi connectivity index (χ3n) is 6.10. The number of fused-ring (bicyclic) bond motifs is 2. The van der Waals surface area contributed by atoms with E-state index in [4.69, 9.17) is 4.98 Å². The van der Waals surface area contributed by atoms with Gasteiger partial charge >= 0.3 is 0 Å². The Morgan fingerprint density at radius 3 is 2.50 bits per heavy atom. The van der Waals surface area contributed by atoms with Crippen molar-refractivity contribution in [3.05, 3.63) is 99.8 Å². The standard InChI is InChI=1S/C28H23N5O2S/c1-17-12-13-18(2)24(14-17)33-27(35)19-8-4-5-9-21(19)31-28(33)36-16-25(34)20(15-29)26-30-22-10-6-7-11-23(22)32(26)3/h4-14,34H,16H2,1-3H3/b25-20-. The average Bonchev–Trinajstić information content (AvgIpc) is 3.21. The van der Waals surface area contributed by atoms with E-state index in [0.29, 0.717) is 21.9 Å². The first-order valence-electron chi connectivity index (χ1n) is 11.4. The van der Waals surface area contributed by atoms with E-state index in [0.717, 1.165) is 27.8 Å². The number of aliphatic hydroxyl groups is 1. The highest BCUT2D eigenvalue weighted by molar-refractivity contribution is 7.99. The van der Waals surface area contributed by atoms with Crippen LogP contribution in [-0.4, -0.2) is 30.0 Å². The smallest absolute Gasteiger partial charge is 0.266 e. The van der Waals surface area contributed by atoms with Crippen molar-refractivity contribution in [3.8, 4) is 11.8 Å². The lowest BCUT2D eigenvalue weighted by molar-refractivity contribution is 0.420. The minimum atomic E-state index is -0.184. The molecule has 2 heterocycles. The molecule has 0 fully saturated rings. The van der Waals surface area contributed by atoms with E-state index >= 15 is 0 Å². The predicted octanol–water partition coefficient (Wildman–Crippen LogP) is 5.47. The van der Waals surface area contributed by atoms with Gasteiger partial charge in [0.05, 0.1) is 33.4 Å². The normalized spacial score (nSPS) is 12.1. The van der Waals surface area contributed by atoms with Gasteiger partial charge in [0.2, 0.25) is 0 Å². The zero-order valence-electron chi connectivity index (χ0n) is 20.1. The lowest BCUT2D eigenvalue weighted by atomic mass is 10.1. The van der Waals surface area contributed by atoms with Gasteiger partial charge in [0.25, 0.3) is 5.56 Å². The number of hydrogen-bond donors (Lipinski definition) is 1. The minimum Gasteiger partial charge on any atom is -0.510 e. The molecule has 8 heteroatoms. The molecule has 0 spiro atoms. The first-order chi connectivity index (χ1) is 17.4. The number of thioether (sulfide) groups is 1. The molecule has 0 aliphatic carbocycles. The van der Waals surface area contributed by atoms with E-state index in [9.17, 15) is 15.2 Å². The van der Waals surface area contributed by atoms with Crippen LogP contribution in [0.1, 0.15) is 17.0 Å². The number of benzene rings is 3. The van der Waals surface area contributed by atoms with Crippen LogP contribution < -0.4 is 5.56 Å². The van der Waals surface area contributed by atoms with E-state index in [-0.39, 0.29) is 22.6 Å². The Morgan fingerprint density at radius 2 is 1.75 bits per heavy atom. The van der Waals surface area contributed by atoms with E-state index in [2.05, 4.69) is 11.1 Å². The molecule has 0 amide bonds. The zero-order valence-corrected chi connectivity index (χ0v) is 20.9. The van der Waals surface area contributed by atoms with Crippen molar-refractivity contribution in [2.75, 3.05) is 5.75 Å². The van der Waals surface area contributed by atoms with Gasteiger partial charge in [0.1, 0.15) is 17.4 Å². The van der Waals surface area contributed by atoms with E-state index in [1.807, 2.05) is 75.5 Å². The summed E-state index contributed by atoms with van der Waals surface area (Å²) < 4.78 is 3.37.